The van der Waals surface area contributed by atoms with Crippen LogP contribution in [0.4, 0.5) is 0 Å². The van der Waals surface area contributed by atoms with Gasteiger partial charge in [-0.2, -0.15) is 0 Å². The Bertz CT molecular complexity index is 1010. The van der Waals surface area contributed by atoms with Crippen molar-refractivity contribution >= 4 is 33.2 Å². The predicted molar refractivity (Wildman–Crippen MR) is 103 cm³/mol. The molecule has 128 valence electrons. The summed E-state index contributed by atoms with van der Waals surface area (Å²) in [4.78, 5) is 19.6. The second-order valence-corrected chi connectivity index (χ2v) is 7.23. The highest BCUT2D eigenvalue weighted by molar-refractivity contribution is 7.19. The van der Waals surface area contributed by atoms with E-state index in [1.165, 1.54) is 11.3 Å². The molecule has 0 amide bonds. The van der Waals surface area contributed by atoms with E-state index in [1.54, 1.807) is 11.7 Å². The van der Waals surface area contributed by atoms with Crippen molar-refractivity contribution < 1.29 is 4.74 Å². The summed E-state index contributed by atoms with van der Waals surface area (Å²) in [6.45, 7) is 2.67. The van der Waals surface area contributed by atoms with E-state index < -0.39 is 0 Å². The summed E-state index contributed by atoms with van der Waals surface area (Å²) < 4.78 is 6.69. The summed E-state index contributed by atoms with van der Waals surface area (Å²) in [5.74, 6) is 3.20. The van der Waals surface area contributed by atoms with Crippen LogP contribution in [0.15, 0.2) is 29.1 Å². The third-order valence-corrected chi connectivity index (χ3v) is 5.23. The van der Waals surface area contributed by atoms with Crippen molar-refractivity contribution in [2.45, 2.75) is 19.9 Å². The first kappa shape index (κ1) is 17.7. The Morgan fingerprint density at radius 1 is 1.36 bits per heavy atom. The number of hydrogen-bond acceptors (Lipinski definition) is 4. The highest BCUT2D eigenvalue weighted by Gasteiger charge is 2.19. The highest BCUT2D eigenvalue weighted by Crippen LogP contribution is 2.36. The zero-order valence-electron chi connectivity index (χ0n) is 14.0. The topological polar surface area (TPSA) is 44.1 Å². The number of thiophene rings is 1. The van der Waals surface area contributed by atoms with Gasteiger partial charge >= 0.3 is 0 Å². The van der Waals surface area contributed by atoms with Crippen molar-refractivity contribution in [2.75, 3.05) is 13.7 Å². The predicted octanol–water partition coefficient (Wildman–Crippen LogP) is 3.91. The highest BCUT2D eigenvalue weighted by atomic mass is 35.5. The Morgan fingerprint density at radius 3 is 2.72 bits per heavy atom. The van der Waals surface area contributed by atoms with Crippen LogP contribution in [0.3, 0.4) is 0 Å². The monoisotopic (exact) mass is 372 g/mol. The lowest BCUT2D eigenvalue weighted by Gasteiger charge is -2.10. The van der Waals surface area contributed by atoms with E-state index in [2.05, 4.69) is 5.92 Å². The molecule has 25 heavy (non-hydrogen) atoms. The molecule has 0 fully saturated rings. The fourth-order valence-electron chi connectivity index (χ4n) is 2.84. The first-order valence-corrected chi connectivity index (χ1v) is 8.97. The molecule has 0 N–H and O–H groups in total. The molecule has 0 spiro atoms. The summed E-state index contributed by atoms with van der Waals surface area (Å²) in [6, 6.07) is 7.47. The van der Waals surface area contributed by atoms with Gasteiger partial charge in [-0.05, 0) is 24.6 Å². The van der Waals surface area contributed by atoms with E-state index in [0.29, 0.717) is 29.3 Å². The summed E-state index contributed by atoms with van der Waals surface area (Å²) in [7, 11) is 1.62. The van der Waals surface area contributed by atoms with Crippen molar-refractivity contribution in [3.8, 4) is 23.5 Å². The van der Waals surface area contributed by atoms with Gasteiger partial charge < -0.3 is 4.74 Å². The average molecular weight is 373 g/mol. The molecule has 0 aliphatic rings. The minimum Gasteiger partial charge on any atom is -0.384 e. The summed E-state index contributed by atoms with van der Waals surface area (Å²) in [5, 5.41) is 1.27. The van der Waals surface area contributed by atoms with Crippen LogP contribution in [-0.4, -0.2) is 23.3 Å². The fraction of sp³-hybridized carbons (Fsp3) is 0.263. The number of aryl methyl sites for hydroxylation is 1. The number of rotatable bonds is 5. The molecule has 0 bridgehead atoms. The van der Waals surface area contributed by atoms with Gasteiger partial charge in [-0.3, -0.25) is 9.36 Å². The van der Waals surface area contributed by atoms with E-state index in [4.69, 9.17) is 27.7 Å². The van der Waals surface area contributed by atoms with Gasteiger partial charge in [-0.1, -0.05) is 29.7 Å². The molecule has 0 aliphatic carbocycles. The first-order chi connectivity index (χ1) is 12.1. The third-order valence-electron chi connectivity index (χ3n) is 3.98. The number of terminal acetylenes is 1. The molecular formula is C19H17ClN2O2S. The Labute approximate surface area is 155 Å². The normalized spacial score (nSPS) is 11.0. The molecule has 6 heteroatoms. The second-order valence-electron chi connectivity index (χ2n) is 5.59. The van der Waals surface area contributed by atoms with Gasteiger partial charge in [-0.15, -0.1) is 17.8 Å². The maximum atomic E-state index is 13.1. The molecule has 0 saturated carbocycles. The number of halogens is 1. The van der Waals surface area contributed by atoms with Crippen molar-refractivity contribution in [1.29, 1.82) is 0 Å². The van der Waals surface area contributed by atoms with Crippen molar-refractivity contribution in [1.82, 2.24) is 9.55 Å². The van der Waals surface area contributed by atoms with Crippen molar-refractivity contribution in [2.24, 2.45) is 0 Å². The lowest BCUT2D eigenvalue weighted by molar-refractivity contribution is 0.199. The van der Waals surface area contributed by atoms with E-state index in [0.717, 1.165) is 20.8 Å². The minimum atomic E-state index is -0.108. The SMILES string of the molecule is C#CCn1c(CCOC)nc2sc(C)c(-c3ccc(Cl)cc3)c2c1=O. The molecule has 1 aromatic carbocycles. The van der Waals surface area contributed by atoms with Crippen LogP contribution in [0.25, 0.3) is 21.3 Å². The molecular weight excluding hydrogens is 356 g/mol. The maximum absolute atomic E-state index is 13.1. The summed E-state index contributed by atoms with van der Waals surface area (Å²) >= 11 is 7.50. The minimum absolute atomic E-state index is 0.108. The number of fused-ring (bicyclic) bond motifs is 1. The van der Waals surface area contributed by atoms with Gasteiger partial charge in [-0.25, -0.2) is 4.98 Å². The molecule has 0 aliphatic heterocycles. The Balaban J connectivity index is 2.28. The number of aromatic nitrogens is 2. The van der Waals surface area contributed by atoms with Crippen molar-refractivity contribution in [3.63, 3.8) is 0 Å². The molecule has 4 nitrogen and oxygen atoms in total. The molecule has 3 aromatic rings. The number of ether oxygens (including phenoxy) is 1. The third kappa shape index (κ3) is 3.34. The quantitative estimate of drug-likeness (QED) is 0.638. The molecule has 0 unspecified atom stereocenters. The van der Waals surface area contributed by atoms with Crippen LogP contribution in [0, 0.1) is 19.3 Å². The standard InChI is InChI=1S/C19H17ClN2O2S/c1-4-10-22-15(9-11-24-3)21-18-17(19(22)23)16(12(2)25-18)13-5-7-14(20)8-6-13/h1,5-8H,9-11H2,2-3H3. The van der Waals surface area contributed by atoms with Crippen LogP contribution in [0.2, 0.25) is 5.02 Å². The van der Waals surface area contributed by atoms with E-state index in [-0.39, 0.29) is 12.1 Å². The van der Waals surface area contributed by atoms with Gasteiger partial charge in [0.25, 0.3) is 5.56 Å². The molecule has 0 saturated heterocycles. The van der Waals surface area contributed by atoms with Crippen molar-refractivity contribution in [3.05, 3.63) is 50.3 Å². The molecule has 2 heterocycles. The van der Waals surface area contributed by atoms with Crippen LogP contribution in [-0.2, 0) is 17.7 Å². The Kier molecular flexibility index (Phi) is 5.24. The number of benzene rings is 1. The molecule has 3 rings (SSSR count). The zero-order chi connectivity index (χ0) is 18.0. The molecule has 2 aromatic heterocycles. The lowest BCUT2D eigenvalue weighted by atomic mass is 10.0. The van der Waals surface area contributed by atoms with Crippen LogP contribution in [0.5, 0.6) is 0 Å². The van der Waals surface area contributed by atoms with Crippen LogP contribution in [0.1, 0.15) is 10.7 Å². The van der Waals surface area contributed by atoms with Gasteiger partial charge in [0, 0.05) is 29.0 Å². The summed E-state index contributed by atoms with van der Waals surface area (Å²) in [6.07, 6.45) is 6.00. The van der Waals surface area contributed by atoms with Gasteiger partial charge in [0.2, 0.25) is 0 Å². The first-order valence-electron chi connectivity index (χ1n) is 7.78. The fourth-order valence-corrected chi connectivity index (χ4v) is 4.02. The average Bonchev–Trinajstić information content (AvgIpc) is 2.93. The largest absolute Gasteiger partial charge is 0.384 e. The number of hydrogen-bond donors (Lipinski definition) is 0. The van der Waals surface area contributed by atoms with Gasteiger partial charge in [0.05, 0.1) is 18.5 Å². The van der Waals surface area contributed by atoms with Gasteiger partial charge in [0.15, 0.2) is 0 Å². The molecule has 0 radical (unpaired) electrons. The Hall–Kier alpha value is -2.13. The zero-order valence-corrected chi connectivity index (χ0v) is 15.6. The Morgan fingerprint density at radius 2 is 2.08 bits per heavy atom. The van der Waals surface area contributed by atoms with Crippen LogP contribution < -0.4 is 5.56 Å². The van der Waals surface area contributed by atoms with E-state index in [1.807, 2.05) is 31.2 Å². The van der Waals surface area contributed by atoms with Crippen LogP contribution >= 0.6 is 22.9 Å². The smallest absolute Gasteiger partial charge is 0.263 e. The van der Waals surface area contributed by atoms with E-state index >= 15 is 0 Å². The lowest BCUT2D eigenvalue weighted by Crippen LogP contribution is -2.25. The summed E-state index contributed by atoms with van der Waals surface area (Å²) in [5.41, 5.74) is 1.74. The number of nitrogens with zero attached hydrogens (tertiary/aromatic N) is 2. The maximum Gasteiger partial charge on any atom is 0.263 e. The second kappa shape index (κ2) is 7.40. The van der Waals surface area contributed by atoms with Gasteiger partial charge in [0.1, 0.15) is 10.7 Å². The number of methoxy groups -OCH3 is 1. The van der Waals surface area contributed by atoms with E-state index in [9.17, 15) is 4.79 Å². The molecule has 0 atom stereocenters.